The van der Waals surface area contributed by atoms with E-state index in [4.69, 9.17) is 0 Å². The van der Waals surface area contributed by atoms with Crippen LogP contribution in [0.1, 0.15) is 24.8 Å². The summed E-state index contributed by atoms with van der Waals surface area (Å²) in [5, 5.41) is 5.23. The fourth-order valence-electron chi connectivity index (χ4n) is 3.12. The fourth-order valence-corrected chi connectivity index (χ4v) is 3.12. The van der Waals surface area contributed by atoms with Crippen molar-refractivity contribution in [3.05, 3.63) is 23.8 Å². The topological polar surface area (TPSA) is 81.8 Å². The Morgan fingerprint density at radius 2 is 1.96 bits per heavy atom. The second-order valence-electron chi connectivity index (χ2n) is 7.22. The highest BCUT2D eigenvalue weighted by molar-refractivity contribution is 6.39. The van der Waals surface area contributed by atoms with Crippen molar-refractivity contribution in [2.45, 2.75) is 25.7 Å². The second kappa shape index (κ2) is 7.86. The lowest BCUT2D eigenvalue weighted by Crippen LogP contribution is -2.39. The number of hydrogen-bond acceptors (Lipinski definition) is 4. The number of hydrogen-bond donors (Lipinski definition) is 2. The van der Waals surface area contributed by atoms with Gasteiger partial charge in [-0.05, 0) is 63.5 Å². The number of amides is 3. The van der Waals surface area contributed by atoms with Gasteiger partial charge < -0.3 is 20.4 Å². The maximum absolute atomic E-state index is 12.4. The van der Waals surface area contributed by atoms with E-state index in [0.717, 1.165) is 43.5 Å². The maximum atomic E-state index is 12.4. The molecule has 0 radical (unpaired) electrons. The van der Waals surface area contributed by atoms with Gasteiger partial charge in [-0.1, -0.05) is 0 Å². The minimum Gasteiger partial charge on any atom is -0.347 e. The molecule has 1 aromatic rings. The van der Waals surface area contributed by atoms with Gasteiger partial charge in [-0.15, -0.1) is 0 Å². The van der Waals surface area contributed by atoms with Crippen LogP contribution in [0.2, 0.25) is 0 Å². The van der Waals surface area contributed by atoms with Gasteiger partial charge in [0.25, 0.3) is 0 Å². The minimum atomic E-state index is -0.676. The molecular formula is C19H26N4O3. The summed E-state index contributed by atoms with van der Waals surface area (Å²) in [6, 6.07) is 5.49. The highest BCUT2D eigenvalue weighted by Crippen LogP contribution is 2.36. The van der Waals surface area contributed by atoms with Crippen LogP contribution in [0.25, 0.3) is 0 Å². The summed E-state index contributed by atoms with van der Waals surface area (Å²) >= 11 is 0. The van der Waals surface area contributed by atoms with E-state index in [0.29, 0.717) is 18.8 Å². The molecule has 7 nitrogen and oxygen atoms in total. The molecule has 26 heavy (non-hydrogen) atoms. The van der Waals surface area contributed by atoms with E-state index in [9.17, 15) is 14.4 Å². The van der Waals surface area contributed by atoms with E-state index < -0.39 is 11.8 Å². The largest absolute Gasteiger partial charge is 0.347 e. The molecule has 0 unspecified atom stereocenters. The quantitative estimate of drug-likeness (QED) is 0.769. The molecule has 2 N–H and O–H groups in total. The predicted octanol–water partition coefficient (Wildman–Crippen LogP) is 0.992. The first kappa shape index (κ1) is 18.4. The molecule has 0 spiro atoms. The Balaban J connectivity index is 1.62. The first-order chi connectivity index (χ1) is 12.5. The van der Waals surface area contributed by atoms with E-state index in [2.05, 4.69) is 10.6 Å². The molecular weight excluding hydrogens is 332 g/mol. The Morgan fingerprint density at radius 3 is 2.65 bits per heavy atom. The van der Waals surface area contributed by atoms with Crippen LogP contribution in [-0.2, 0) is 20.8 Å². The number of likely N-dealkylation sites (N-methyl/N-ethyl adjacent to an activating group) is 1. The monoisotopic (exact) mass is 358 g/mol. The molecule has 140 valence electrons. The number of nitrogens with one attached hydrogen (secondary N) is 2. The van der Waals surface area contributed by atoms with Crippen LogP contribution < -0.4 is 15.5 Å². The number of carbonyl (C=O) groups is 3. The summed E-state index contributed by atoms with van der Waals surface area (Å²) in [5.41, 5.74) is 2.55. The number of anilines is 2. The average Bonchev–Trinajstić information content (AvgIpc) is 3.45. The summed E-state index contributed by atoms with van der Waals surface area (Å²) in [6.45, 7) is 1.84. The van der Waals surface area contributed by atoms with Gasteiger partial charge in [0.15, 0.2) is 0 Å². The fraction of sp³-hybridized carbons (Fsp3) is 0.526. The van der Waals surface area contributed by atoms with Crippen LogP contribution in [-0.4, -0.2) is 56.4 Å². The number of benzene rings is 1. The van der Waals surface area contributed by atoms with E-state index >= 15 is 0 Å². The van der Waals surface area contributed by atoms with Gasteiger partial charge in [0.2, 0.25) is 5.91 Å². The van der Waals surface area contributed by atoms with Crippen LogP contribution in [0, 0.1) is 5.92 Å². The Hall–Kier alpha value is -2.41. The highest BCUT2D eigenvalue weighted by Gasteiger charge is 2.35. The van der Waals surface area contributed by atoms with Crippen molar-refractivity contribution in [2.24, 2.45) is 5.92 Å². The van der Waals surface area contributed by atoms with Gasteiger partial charge in [-0.3, -0.25) is 14.4 Å². The lowest BCUT2D eigenvalue weighted by molar-refractivity contribution is -0.136. The first-order valence-corrected chi connectivity index (χ1v) is 9.14. The molecule has 2 aliphatic rings. The Morgan fingerprint density at radius 1 is 1.19 bits per heavy atom. The summed E-state index contributed by atoms with van der Waals surface area (Å²) in [6.07, 6.45) is 3.75. The second-order valence-corrected chi connectivity index (χ2v) is 7.22. The summed E-state index contributed by atoms with van der Waals surface area (Å²) in [4.78, 5) is 40.1. The molecule has 7 heteroatoms. The highest BCUT2D eigenvalue weighted by atomic mass is 16.2. The van der Waals surface area contributed by atoms with Crippen LogP contribution in [0.5, 0.6) is 0 Å². The number of aryl methyl sites for hydroxylation is 1. The molecule has 1 aliphatic heterocycles. The molecule has 0 atom stereocenters. The SMILES string of the molecule is CN(C)CCNC(=O)C(=O)Nc1ccc2c(c1)CCCN2C(=O)C1CC1. The predicted molar refractivity (Wildman–Crippen MR) is 100 cm³/mol. The van der Waals surface area contributed by atoms with E-state index in [1.54, 1.807) is 6.07 Å². The van der Waals surface area contributed by atoms with Crippen LogP contribution in [0.3, 0.4) is 0 Å². The van der Waals surface area contributed by atoms with Crippen LogP contribution in [0.4, 0.5) is 11.4 Å². The van der Waals surface area contributed by atoms with Crippen molar-refractivity contribution in [3.8, 4) is 0 Å². The first-order valence-electron chi connectivity index (χ1n) is 9.14. The van der Waals surface area contributed by atoms with E-state index in [1.165, 1.54) is 0 Å². The van der Waals surface area contributed by atoms with Gasteiger partial charge in [0, 0.05) is 36.9 Å². The third kappa shape index (κ3) is 4.40. The molecule has 1 aliphatic carbocycles. The Bertz CT molecular complexity index is 713. The number of nitrogens with zero attached hydrogens (tertiary/aromatic N) is 2. The van der Waals surface area contributed by atoms with Crippen molar-refractivity contribution >= 4 is 29.1 Å². The van der Waals surface area contributed by atoms with Gasteiger partial charge >= 0.3 is 11.8 Å². The standard InChI is InChI=1S/C19H26N4O3/c1-22(2)11-9-20-17(24)18(25)21-15-7-8-16-14(12-15)4-3-10-23(16)19(26)13-5-6-13/h7-8,12-13H,3-6,9-11H2,1-2H3,(H,20,24)(H,21,25). The summed E-state index contributed by atoms with van der Waals surface area (Å²) in [5.74, 6) is -0.922. The molecule has 1 saturated carbocycles. The maximum Gasteiger partial charge on any atom is 0.313 e. The van der Waals surface area contributed by atoms with Gasteiger partial charge in [0.05, 0.1) is 0 Å². The van der Waals surface area contributed by atoms with Crippen molar-refractivity contribution in [1.82, 2.24) is 10.2 Å². The molecule has 3 amide bonds. The summed E-state index contributed by atoms with van der Waals surface area (Å²) in [7, 11) is 3.80. The molecule has 3 rings (SSSR count). The normalized spacial score (nSPS) is 16.2. The van der Waals surface area contributed by atoms with Gasteiger partial charge in [-0.25, -0.2) is 0 Å². The van der Waals surface area contributed by atoms with Crippen LogP contribution >= 0.6 is 0 Å². The molecule has 1 heterocycles. The number of carbonyl (C=O) groups excluding carboxylic acids is 3. The molecule has 0 aromatic heterocycles. The van der Waals surface area contributed by atoms with Crippen LogP contribution in [0.15, 0.2) is 18.2 Å². The Kier molecular flexibility index (Phi) is 5.56. The number of fused-ring (bicyclic) bond motifs is 1. The average molecular weight is 358 g/mol. The van der Waals surface area contributed by atoms with E-state index in [-0.39, 0.29) is 11.8 Å². The molecule has 0 saturated heterocycles. The van der Waals surface area contributed by atoms with Gasteiger partial charge in [-0.2, -0.15) is 0 Å². The zero-order valence-electron chi connectivity index (χ0n) is 15.4. The third-order valence-corrected chi connectivity index (χ3v) is 4.70. The summed E-state index contributed by atoms with van der Waals surface area (Å²) < 4.78 is 0. The minimum absolute atomic E-state index is 0.186. The zero-order valence-corrected chi connectivity index (χ0v) is 15.4. The molecule has 1 aromatic carbocycles. The van der Waals surface area contributed by atoms with Crippen molar-refractivity contribution in [1.29, 1.82) is 0 Å². The number of rotatable bonds is 5. The third-order valence-electron chi connectivity index (χ3n) is 4.70. The Labute approximate surface area is 153 Å². The van der Waals surface area contributed by atoms with Crippen molar-refractivity contribution < 1.29 is 14.4 Å². The zero-order chi connectivity index (χ0) is 18.7. The van der Waals surface area contributed by atoms with Gasteiger partial charge in [0.1, 0.15) is 0 Å². The van der Waals surface area contributed by atoms with Crippen molar-refractivity contribution in [3.63, 3.8) is 0 Å². The lowest BCUT2D eigenvalue weighted by atomic mass is 10.0. The lowest BCUT2D eigenvalue weighted by Gasteiger charge is -2.30. The van der Waals surface area contributed by atoms with E-state index in [1.807, 2.05) is 36.0 Å². The van der Waals surface area contributed by atoms with Crippen molar-refractivity contribution in [2.75, 3.05) is 43.9 Å². The smallest absolute Gasteiger partial charge is 0.313 e. The molecule has 1 fully saturated rings. The molecule has 0 bridgehead atoms.